The number of piperazine rings is 1. The summed E-state index contributed by atoms with van der Waals surface area (Å²) in [5.41, 5.74) is 2.27. The molecule has 1 N–H and O–H groups in total. The van der Waals surface area contributed by atoms with Crippen LogP contribution in [0.1, 0.15) is 28.4 Å². The van der Waals surface area contributed by atoms with Gasteiger partial charge in [0.15, 0.2) is 17.3 Å². The molecule has 0 amide bonds. The van der Waals surface area contributed by atoms with E-state index in [-0.39, 0.29) is 18.0 Å². The molecule has 26 heavy (non-hydrogen) atoms. The molecular weight excluding hydrogens is 335 g/mol. The van der Waals surface area contributed by atoms with Crippen molar-refractivity contribution in [1.82, 2.24) is 5.32 Å². The van der Waals surface area contributed by atoms with Gasteiger partial charge in [-0.15, -0.1) is 0 Å². The van der Waals surface area contributed by atoms with E-state index in [1.54, 1.807) is 12.1 Å². The second-order valence-electron chi connectivity index (χ2n) is 6.55. The quantitative estimate of drug-likeness (QED) is 0.916. The summed E-state index contributed by atoms with van der Waals surface area (Å²) in [5.74, 6) is 0.295. The Morgan fingerprint density at radius 3 is 2.73 bits per heavy atom. The molecule has 1 saturated heterocycles. The van der Waals surface area contributed by atoms with Crippen LogP contribution in [0.25, 0.3) is 0 Å². The lowest BCUT2D eigenvalue weighted by molar-refractivity contribution is 0.0849. The van der Waals surface area contributed by atoms with Crippen molar-refractivity contribution in [2.24, 2.45) is 0 Å². The van der Waals surface area contributed by atoms with E-state index in [1.165, 1.54) is 13.2 Å². The first-order valence-corrected chi connectivity index (χ1v) is 8.79. The van der Waals surface area contributed by atoms with Crippen molar-refractivity contribution in [1.29, 1.82) is 0 Å². The number of nitrogens with one attached hydrogen (secondary N) is 1. The van der Waals surface area contributed by atoms with Crippen molar-refractivity contribution in [3.63, 3.8) is 0 Å². The first-order valence-electron chi connectivity index (χ1n) is 8.79. The van der Waals surface area contributed by atoms with Crippen molar-refractivity contribution in [3.05, 3.63) is 53.3 Å². The third kappa shape index (κ3) is 3.12. The van der Waals surface area contributed by atoms with E-state index < -0.39 is 11.9 Å². The number of rotatable bonds is 3. The maximum absolute atomic E-state index is 14.0. The van der Waals surface area contributed by atoms with Crippen molar-refractivity contribution >= 4 is 11.5 Å². The Morgan fingerprint density at radius 1 is 1.19 bits per heavy atom. The number of halogens is 1. The molecule has 0 saturated carbocycles. The predicted octanol–water partition coefficient (Wildman–Crippen LogP) is 2.95. The van der Waals surface area contributed by atoms with Gasteiger partial charge in [-0.1, -0.05) is 6.07 Å². The minimum Gasteiger partial charge on any atom is -0.494 e. The van der Waals surface area contributed by atoms with Gasteiger partial charge in [-0.3, -0.25) is 4.79 Å². The Bertz CT molecular complexity index is 834. The number of ketones is 1. The van der Waals surface area contributed by atoms with Gasteiger partial charge in [0.05, 0.1) is 19.1 Å². The van der Waals surface area contributed by atoms with E-state index in [9.17, 15) is 9.18 Å². The molecule has 2 aliphatic heterocycles. The summed E-state index contributed by atoms with van der Waals surface area (Å²) in [7, 11) is 1.42. The lowest BCUT2D eigenvalue weighted by atomic mass is 9.95. The number of Topliss-reactive ketones (excluding diaryl/α,β-unsaturated/α-hetero) is 1. The maximum atomic E-state index is 14.0. The van der Waals surface area contributed by atoms with Crippen molar-refractivity contribution in [2.45, 2.75) is 12.5 Å². The van der Waals surface area contributed by atoms with Crippen molar-refractivity contribution in [2.75, 3.05) is 38.2 Å². The van der Waals surface area contributed by atoms with Crippen LogP contribution in [0, 0.1) is 5.82 Å². The van der Waals surface area contributed by atoms with Crippen LogP contribution in [0.15, 0.2) is 36.4 Å². The number of carbonyl (C=O) groups excluding carboxylic acids is 1. The van der Waals surface area contributed by atoms with E-state index in [4.69, 9.17) is 9.47 Å². The molecule has 0 aromatic heterocycles. The number of ether oxygens (including phenoxy) is 2. The Labute approximate surface area is 151 Å². The SMILES string of the molecule is COc1ccc(C2CC(=O)c3cc(N4CCNCC4)ccc3O2)cc1F. The average molecular weight is 356 g/mol. The molecule has 0 spiro atoms. The highest BCUT2D eigenvalue weighted by Crippen LogP contribution is 2.37. The number of hydrogen-bond acceptors (Lipinski definition) is 5. The Balaban J connectivity index is 1.59. The van der Waals surface area contributed by atoms with Crippen LogP contribution in [0.5, 0.6) is 11.5 Å². The van der Waals surface area contributed by atoms with Crippen molar-refractivity contribution < 1.29 is 18.7 Å². The lowest BCUT2D eigenvalue weighted by Crippen LogP contribution is -2.43. The summed E-state index contributed by atoms with van der Waals surface area (Å²) >= 11 is 0. The normalized spacial score (nSPS) is 19.7. The van der Waals surface area contributed by atoms with E-state index >= 15 is 0 Å². The van der Waals surface area contributed by atoms with Crippen LogP contribution in [0.3, 0.4) is 0 Å². The zero-order chi connectivity index (χ0) is 18.1. The molecule has 0 bridgehead atoms. The fourth-order valence-electron chi connectivity index (χ4n) is 3.50. The van der Waals surface area contributed by atoms with Gasteiger partial charge < -0.3 is 19.7 Å². The average Bonchev–Trinajstić information content (AvgIpc) is 2.68. The number of hydrogen-bond donors (Lipinski definition) is 1. The number of nitrogens with zero attached hydrogens (tertiary/aromatic N) is 1. The van der Waals surface area contributed by atoms with Gasteiger partial charge in [-0.25, -0.2) is 4.39 Å². The van der Waals surface area contributed by atoms with Gasteiger partial charge in [-0.2, -0.15) is 0 Å². The third-order valence-corrected chi connectivity index (χ3v) is 4.93. The Hall–Kier alpha value is -2.60. The van der Waals surface area contributed by atoms with Gasteiger partial charge in [-0.05, 0) is 35.9 Å². The molecule has 2 heterocycles. The molecule has 1 unspecified atom stereocenters. The number of anilines is 1. The first kappa shape index (κ1) is 16.8. The molecular formula is C20H21FN2O3. The minimum absolute atomic E-state index is 0.0180. The van der Waals surface area contributed by atoms with Crippen LogP contribution in [0.2, 0.25) is 0 Å². The smallest absolute Gasteiger partial charge is 0.170 e. The zero-order valence-corrected chi connectivity index (χ0v) is 14.6. The molecule has 136 valence electrons. The zero-order valence-electron chi connectivity index (χ0n) is 14.6. The monoisotopic (exact) mass is 356 g/mol. The number of carbonyl (C=O) groups is 1. The lowest BCUT2D eigenvalue weighted by Gasteiger charge is -2.31. The van der Waals surface area contributed by atoms with Gasteiger partial charge in [0.1, 0.15) is 11.9 Å². The van der Waals surface area contributed by atoms with E-state index in [2.05, 4.69) is 10.2 Å². The van der Waals surface area contributed by atoms with Crippen LogP contribution in [-0.4, -0.2) is 39.1 Å². The molecule has 2 aromatic carbocycles. The molecule has 6 heteroatoms. The summed E-state index contributed by atoms with van der Waals surface area (Å²) in [6.45, 7) is 3.71. The largest absolute Gasteiger partial charge is 0.494 e. The van der Waals surface area contributed by atoms with Crippen LogP contribution in [-0.2, 0) is 0 Å². The Morgan fingerprint density at radius 2 is 2.00 bits per heavy atom. The van der Waals surface area contributed by atoms with Crippen molar-refractivity contribution in [3.8, 4) is 11.5 Å². The summed E-state index contributed by atoms with van der Waals surface area (Å²) in [6.07, 6.45) is -0.288. The molecule has 4 rings (SSSR count). The van der Waals surface area contributed by atoms with Crippen LogP contribution in [0.4, 0.5) is 10.1 Å². The summed E-state index contributed by atoms with van der Waals surface area (Å²) < 4.78 is 24.9. The summed E-state index contributed by atoms with van der Waals surface area (Å²) in [5, 5.41) is 3.32. The highest BCUT2D eigenvalue weighted by molar-refractivity contribution is 6.01. The predicted molar refractivity (Wildman–Crippen MR) is 96.8 cm³/mol. The van der Waals surface area contributed by atoms with Gasteiger partial charge >= 0.3 is 0 Å². The minimum atomic E-state index is -0.486. The highest BCUT2D eigenvalue weighted by atomic mass is 19.1. The topological polar surface area (TPSA) is 50.8 Å². The second-order valence-corrected chi connectivity index (χ2v) is 6.55. The molecule has 1 fully saturated rings. The molecule has 0 aliphatic carbocycles. The van der Waals surface area contributed by atoms with Gasteiger partial charge in [0, 0.05) is 31.9 Å². The molecule has 2 aliphatic rings. The molecule has 2 aromatic rings. The van der Waals surface area contributed by atoms with E-state index in [0.29, 0.717) is 16.9 Å². The third-order valence-electron chi connectivity index (χ3n) is 4.93. The molecule has 1 atom stereocenters. The summed E-state index contributed by atoms with van der Waals surface area (Å²) in [6, 6.07) is 10.4. The van der Waals surface area contributed by atoms with Gasteiger partial charge in [0.25, 0.3) is 0 Å². The van der Waals surface area contributed by atoms with E-state index in [1.807, 2.05) is 18.2 Å². The second kappa shape index (κ2) is 6.96. The maximum Gasteiger partial charge on any atom is 0.170 e. The number of fused-ring (bicyclic) bond motifs is 1. The fourth-order valence-corrected chi connectivity index (χ4v) is 3.50. The van der Waals surface area contributed by atoms with E-state index in [0.717, 1.165) is 31.9 Å². The standard InChI is InChI=1S/C20H21FN2O3/c1-25-19-4-2-13(10-16(19)21)20-12-17(24)15-11-14(3-5-18(15)26-20)23-8-6-22-7-9-23/h2-5,10-11,20,22H,6-9,12H2,1H3. The van der Waals surface area contributed by atoms with Crippen LogP contribution < -0.4 is 19.7 Å². The number of benzene rings is 2. The van der Waals surface area contributed by atoms with Crippen LogP contribution >= 0.6 is 0 Å². The number of methoxy groups -OCH3 is 1. The molecule has 5 nitrogen and oxygen atoms in total. The fraction of sp³-hybridized carbons (Fsp3) is 0.350. The molecule has 0 radical (unpaired) electrons. The first-order chi connectivity index (χ1) is 12.7. The summed E-state index contributed by atoms with van der Waals surface area (Å²) in [4.78, 5) is 14.9. The van der Waals surface area contributed by atoms with Gasteiger partial charge in [0.2, 0.25) is 0 Å². The Kier molecular flexibility index (Phi) is 4.51. The highest BCUT2D eigenvalue weighted by Gasteiger charge is 2.29.